The highest BCUT2D eigenvalue weighted by Crippen LogP contribution is 2.30. The van der Waals surface area contributed by atoms with Crippen molar-refractivity contribution < 1.29 is 14.3 Å². The Kier molecular flexibility index (Phi) is 3.10. The Morgan fingerprint density at radius 2 is 2.10 bits per heavy atom. The molecular formula is C16H13FN2O2. The molecule has 4 nitrogen and oxygen atoms in total. The number of benzene rings is 2. The number of phenolic OH excluding ortho intramolecular Hbond substituents is 1. The number of halogens is 1. The van der Waals surface area contributed by atoms with Gasteiger partial charge in [0.25, 0.3) is 5.91 Å². The predicted octanol–water partition coefficient (Wildman–Crippen LogP) is 2.86. The van der Waals surface area contributed by atoms with Crippen molar-refractivity contribution in [2.75, 3.05) is 5.32 Å². The number of nitrogens with one attached hydrogen (secondary N) is 2. The molecule has 2 aromatic rings. The lowest BCUT2D eigenvalue weighted by atomic mass is 10.1. The number of carbonyl (C=O) groups excluding carboxylic acids is 1. The SMILES string of the molecule is C=C1NC(=O)c2c(NCc3cc(F)ccc3O)cccc21. The molecule has 0 aliphatic carbocycles. The van der Waals surface area contributed by atoms with E-state index in [0.29, 0.717) is 22.5 Å². The van der Waals surface area contributed by atoms with E-state index in [0.717, 1.165) is 5.56 Å². The number of aromatic hydroxyl groups is 1. The predicted molar refractivity (Wildman–Crippen MR) is 78.3 cm³/mol. The molecule has 0 bridgehead atoms. The average molecular weight is 284 g/mol. The van der Waals surface area contributed by atoms with Crippen LogP contribution in [-0.2, 0) is 6.54 Å². The van der Waals surface area contributed by atoms with Crippen LogP contribution in [0.3, 0.4) is 0 Å². The first-order valence-electron chi connectivity index (χ1n) is 6.41. The number of amides is 1. The van der Waals surface area contributed by atoms with E-state index in [1.54, 1.807) is 18.2 Å². The summed E-state index contributed by atoms with van der Waals surface area (Å²) in [6.45, 7) is 3.99. The van der Waals surface area contributed by atoms with Gasteiger partial charge in [-0.3, -0.25) is 4.79 Å². The van der Waals surface area contributed by atoms with Crippen molar-refractivity contribution in [3.05, 3.63) is 65.5 Å². The molecule has 2 aromatic carbocycles. The van der Waals surface area contributed by atoms with Crippen LogP contribution in [0.5, 0.6) is 5.75 Å². The fourth-order valence-electron chi connectivity index (χ4n) is 2.35. The van der Waals surface area contributed by atoms with Crippen LogP contribution in [0.4, 0.5) is 10.1 Å². The molecule has 3 rings (SSSR count). The molecule has 0 spiro atoms. The van der Waals surface area contributed by atoms with E-state index in [9.17, 15) is 14.3 Å². The lowest BCUT2D eigenvalue weighted by Crippen LogP contribution is -2.13. The molecule has 0 atom stereocenters. The normalized spacial score (nSPS) is 13.0. The van der Waals surface area contributed by atoms with E-state index in [1.165, 1.54) is 18.2 Å². The molecule has 0 saturated carbocycles. The highest BCUT2D eigenvalue weighted by Gasteiger charge is 2.25. The molecule has 0 unspecified atom stereocenters. The summed E-state index contributed by atoms with van der Waals surface area (Å²) in [4.78, 5) is 11.9. The third-order valence-electron chi connectivity index (χ3n) is 3.39. The molecule has 0 radical (unpaired) electrons. The fourth-order valence-corrected chi connectivity index (χ4v) is 2.35. The highest BCUT2D eigenvalue weighted by atomic mass is 19.1. The van der Waals surface area contributed by atoms with Crippen molar-refractivity contribution in [2.45, 2.75) is 6.54 Å². The molecule has 1 aliphatic heterocycles. The lowest BCUT2D eigenvalue weighted by Gasteiger charge is -2.11. The van der Waals surface area contributed by atoms with Crippen LogP contribution >= 0.6 is 0 Å². The van der Waals surface area contributed by atoms with Crippen molar-refractivity contribution in [2.24, 2.45) is 0 Å². The summed E-state index contributed by atoms with van der Waals surface area (Å²) in [5.74, 6) is -0.638. The molecule has 1 aliphatic rings. The summed E-state index contributed by atoms with van der Waals surface area (Å²) in [5, 5.41) is 15.4. The molecular weight excluding hydrogens is 271 g/mol. The van der Waals surface area contributed by atoms with Gasteiger partial charge in [0.15, 0.2) is 0 Å². The fraction of sp³-hybridized carbons (Fsp3) is 0.0625. The zero-order valence-corrected chi connectivity index (χ0v) is 11.1. The summed E-state index contributed by atoms with van der Waals surface area (Å²) >= 11 is 0. The van der Waals surface area contributed by atoms with E-state index in [-0.39, 0.29) is 18.2 Å². The van der Waals surface area contributed by atoms with Crippen molar-refractivity contribution >= 4 is 17.3 Å². The van der Waals surface area contributed by atoms with Crippen molar-refractivity contribution in [3.63, 3.8) is 0 Å². The van der Waals surface area contributed by atoms with Crippen LogP contribution < -0.4 is 10.6 Å². The molecule has 3 N–H and O–H groups in total. The Morgan fingerprint density at radius 3 is 2.90 bits per heavy atom. The minimum absolute atomic E-state index is 0.00494. The van der Waals surface area contributed by atoms with Gasteiger partial charge in [-0.15, -0.1) is 0 Å². The minimum atomic E-state index is -0.422. The van der Waals surface area contributed by atoms with Crippen LogP contribution in [0, 0.1) is 5.82 Å². The number of hydrogen-bond donors (Lipinski definition) is 3. The number of hydrogen-bond acceptors (Lipinski definition) is 3. The standard InChI is InChI=1S/C16H13FN2O2/c1-9-12-3-2-4-13(15(12)16(21)19-9)18-8-10-7-11(17)5-6-14(10)20/h2-7,18,20H,1,8H2,(H,19,21). The van der Waals surface area contributed by atoms with Gasteiger partial charge in [0.2, 0.25) is 0 Å². The zero-order chi connectivity index (χ0) is 15.0. The highest BCUT2D eigenvalue weighted by molar-refractivity contribution is 6.12. The number of phenols is 1. The third kappa shape index (κ3) is 2.33. The van der Waals surface area contributed by atoms with Crippen molar-refractivity contribution in [1.82, 2.24) is 5.32 Å². The van der Waals surface area contributed by atoms with Crippen molar-refractivity contribution in [3.8, 4) is 5.75 Å². The van der Waals surface area contributed by atoms with Gasteiger partial charge >= 0.3 is 0 Å². The maximum Gasteiger partial charge on any atom is 0.258 e. The van der Waals surface area contributed by atoms with E-state index in [1.807, 2.05) is 0 Å². The summed E-state index contributed by atoms with van der Waals surface area (Å²) in [6.07, 6.45) is 0. The van der Waals surface area contributed by atoms with Gasteiger partial charge in [0.05, 0.1) is 5.56 Å². The van der Waals surface area contributed by atoms with Gasteiger partial charge in [-0.2, -0.15) is 0 Å². The second-order valence-electron chi connectivity index (χ2n) is 4.79. The van der Waals surface area contributed by atoms with Gasteiger partial charge in [-0.1, -0.05) is 18.7 Å². The Morgan fingerprint density at radius 1 is 1.29 bits per heavy atom. The topological polar surface area (TPSA) is 61.4 Å². The largest absolute Gasteiger partial charge is 0.508 e. The van der Waals surface area contributed by atoms with Crippen molar-refractivity contribution in [1.29, 1.82) is 0 Å². The molecule has 0 aromatic heterocycles. The van der Waals surface area contributed by atoms with Crippen LogP contribution in [0.1, 0.15) is 21.5 Å². The van der Waals surface area contributed by atoms with Crippen LogP contribution in [-0.4, -0.2) is 11.0 Å². The van der Waals surface area contributed by atoms with Gasteiger partial charge in [-0.25, -0.2) is 4.39 Å². The summed E-state index contributed by atoms with van der Waals surface area (Å²) in [6, 6.07) is 9.11. The maximum absolute atomic E-state index is 13.2. The van der Waals surface area contributed by atoms with E-state index >= 15 is 0 Å². The second-order valence-corrected chi connectivity index (χ2v) is 4.79. The van der Waals surface area contributed by atoms with Crippen LogP contribution in [0.25, 0.3) is 5.70 Å². The lowest BCUT2D eigenvalue weighted by molar-refractivity contribution is 0.0981. The van der Waals surface area contributed by atoms with E-state index in [2.05, 4.69) is 17.2 Å². The zero-order valence-electron chi connectivity index (χ0n) is 11.1. The monoisotopic (exact) mass is 284 g/mol. The molecule has 21 heavy (non-hydrogen) atoms. The van der Waals surface area contributed by atoms with Gasteiger partial charge in [0.1, 0.15) is 11.6 Å². The molecule has 1 heterocycles. The molecule has 5 heteroatoms. The summed E-state index contributed by atoms with van der Waals surface area (Å²) in [5.41, 5.74) is 2.86. The third-order valence-corrected chi connectivity index (χ3v) is 3.39. The number of rotatable bonds is 3. The summed E-state index contributed by atoms with van der Waals surface area (Å²) in [7, 11) is 0. The van der Waals surface area contributed by atoms with Crippen LogP contribution in [0.15, 0.2) is 43.0 Å². The quantitative estimate of drug-likeness (QED) is 0.812. The van der Waals surface area contributed by atoms with E-state index < -0.39 is 5.82 Å². The Balaban J connectivity index is 1.89. The average Bonchev–Trinajstić information content (AvgIpc) is 2.76. The molecule has 1 amide bonds. The Bertz CT molecular complexity index is 756. The number of carbonyl (C=O) groups is 1. The molecule has 0 saturated heterocycles. The first-order valence-corrected chi connectivity index (χ1v) is 6.41. The minimum Gasteiger partial charge on any atom is -0.508 e. The first kappa shape index (κ1) is 13.2. The summed E-state index contributed by atoms with van der Waals surface area (Å²) < 4.78 is 13.2. The number of fused-ring (bicyclic) bond motifs is 1. The van der Waals surface area contributed by atoms with Gasteiger partial charge in [-0.05, 0) is 24.3 Å². The first-order chi connectivity index (χ1) is 10.1. The molecule has 106 valence electrons. The molecule has 0 fully saturated rings. The second kappa shape index (κ2) is 4.94. The maximum atomic E-state index is 13.2. The van der Waals surface area contributed by atoms with Crippen LogP contribution in [0.2, 0.25) is 0 Å². The van der Waals surface area contributed by atoms with Gasteiger partial charge in [0, 0.05) is 29.1 Å². The van der Waals surface area contributed by atoms with Gasteiger partial charge < -0.3 is 15.7 Å². The number of anilines is 1. The smallest absolute Gasteiger partial charge is 0.258 e. The van der Waals surface area contributed by atoms with E-state index in [4.69, 9.17) is 0 Å². The Labute approximate surface area is 120 Å². The Hall–Kier alpha value is -2.82.